The Morgan fingerprint density at radius 2 is 1.53 bits per heavy atom. The molecular formula is C39H72N2O12. The molecule has 0 aliphatic carbocycles. The van der Waals surface area contributed by atoms with Gasteiger partial charge in [-0.15, -0.1) is 0 Å². The number of rotatable bonds is 8. The number of hydrogen-bond acceptors (Lipinski definition) is 14. The highest BCUT2D eigenvalue weighted by Crippen LogP contribution is 2.39. The first-order valence-corrected chi connectivity index (χ1v) is 20.0. The third-order valence-electron chi connectivity index (χ3n) is 12.7. The summed E-state index contributed by atoms with van der Waals surface area (Å²) in [6.07, 6.45) is -4.56. The fraction of sp³-hybridized carbons (Fsp3) is 0.974. The van der Waals surface area contributed by atoms with Gasteiger partial charge >= 0.3 is 5.97 Å². The van der Waals surface area contributed by atoms with Gasteiger partial charge in [-0.1, -0.05) is 13.8 Å². The Bertz CT molecular complexity index is 1160. The van der Waals surface area contributed by atoms with Crippen LogP contribution in [0.25, 0.3) is 0 Å². The Labute approximate surface area is 317 Å². The van der Waals surface area contributed by atoms with Crippen LogP contribution < -0.4 is 5.32 Å². The van der Waals surface area contributed by atoms with Crippen molar-refractivity contribution in [1.29, 1.82) is 0 Å². The van der Waals surface area contributed by atoms with Crippen LogP contribution in [0, 0.1) is 11.8 Å². The molecule has 0 aromatic rings. The number of aliphatic hydroxyl groups excluding tert-OH is 3. The van der Waals surface area contributed by atoms with Crippen molar-refractivity contribution >= 4 is 5.97 Å². The molecule has 0 saturated carbocycles. The fourth-order valence-corrected chi connectivity index (χ4v) is 8.89. The molecule has 0 aromatic carbocycles. The predicted molar refractivity (Wildman–Crippen MR) is 197 cm³/mol. The topological polar surface area (TPSA) is 178 Å². The first kappa shape index (κ1) is 44.7. The van der Waals surface area contributed by atoms with Gasteiger partial charge in [0.2, 0.25) is 0 Å². The van der Waals surface area contributed by atoms with E-state index in [9.17, 15) is 25.2 Å². The number of nitrogens with one attached hydrogen (secondary N) is 1. The van der Waals surface area contributed by atoms with Gasteiger partial charge in [0, 0.05) is 39.1 Å². The van der Waals surface area contributed by atoms with Crippen molar-refractivity contribution in [2.24, 2.45) is 11.8 Å². The lowest BCUT2D eigenvalue weighted by atomic mass is 9.83. The van der Waals surface area contributed by atoms with Crippen LogP contribution in [0.4, 0.5) is 0 Å². The third-order valence-corrected chi connectivity index (χ3v) is 12.7. The van der Waals surface area contributed by atoms with Crippen LogP contribution in [0.15, 0.2) is 0 Å². The second-order valence-corrected chi connectivity index (χ2v) is 17.1. The van der Waals surface area contributed by atoms with E-state index in [4.69, 9.17) is 33.2 Å². The minimum absolute atomic E-state index is 0.00711. The largest absolute Gasteiger partial charge is 0.459 e. The highest BCUT2D eigenvalue weighted by molar-refractivity contribution is 5.73. The van der Waals surface area contributed by atoms with E-state index in [0.29, 0.717) is 19.4 Å². The summed E-state index contributed by atoms with van der Waals surface area (Å²) in [6.45, 7) is 18.6. The monoisotopic (exact) mass is 761 g/mol. The van der Waals surface area contributed by atoms with E-state index >= 15 is 0 Å². The van der Waals surface area contributed by atoms with E-state index in [1.165, 1.54) is 14.0 Å². The molecular weight excluding hydrogens is 688 g/mol. The van der Waals surface area contributed by atoms with Gasteiger partial charge in [0.05, 0.1) is 41.5 Å². The molecule has 4 aliphatic rings. The smallest absolute Gasteiger partial charge is 0.311 e. The Morgan fingerprint density at radius 1 is 0.887 bits per heavy atom. The lowest BCUT2D eigenvalue weighted by Gasteiger charge is -2.47. The Morgan fingerprint density at radius 3 is 2.13 bits per heavy atom. The van der Waals surface area contributed by atoms with Crippen LogP contribution in [0.2, 0.25) is 0 Å². The number of carbonyl (C=O) groups excluding carboxylic acids is 1. The minimum atomic E-state index is -1.77. The van der Waals surface area contributed by atoms with Crippen LogP contribution in [0.5, 0.6) is 0 Å². The molecule has 0 amide bonds. The average molecular weight is 761 g/mol. The Kier molecular flexibility index (Phi) is 15.6. The SMILES string of the molecule is CC[C@H]1OC(=O)[C@H](C)[C@@H](O[C@H]2C[C@@](C)(OC)[C@@H](O)[C@H](C)O2)C[C@@H](O[C@@H]2O[C@H](C)C[C@H](N3CCCC3)[C@H]2O)[C@](C)(OC)C[C@@H](C)CN[C@H](C)[C@@H](O)[C@]1(C)O. The van der Waals surface area contributed by atoms with Crippen molar-refractivity contribution < 1.29 is 58.4 Å². The standard InChI is InChI=1S/C39H72N2O12/c1-12-29-39(9,46)33(43)25(5)40-21-22(2)19-37(7,47-10)30(53-36-32(42)27(17-23(3)49-36)41-15-13-14-16-41)18-28(24(4)35(45)52-29)51-31-20-38(8,48-11)34(44)26(6)50-31/h22-34,36,40,42-44,46H,12-21H2,1-11H3/t22-,23-,24-,25-,26+,27+,28+,29-,30-,31+,32-,33-,34+,36+,37-,38-,39-/m1/s1. The van der Waals surface area contributed by atoms with Gasteiger partial charge in [-0.25, -0.2) is 0 Å². The summed E-state index contributed by atoms with van der Waals surface area (Å²) in [5, 5.41) is 49.1. The molecule has 310 valence electrons. The van der Waals surface area contributed by atoms with Crippen LogP contribution in [-0.2, 0) is 38.0 Å². The molecule has 4 aliphatic heterocycles. The number of likely N-dealkylation sites (tertiary alicyclic amines) is 1. The summed E-state index contributed by atoms with van der Waals surface area (Å²) in [5.41, 5.74) is -3.72. The third kappa shape index (κ3) is 10.3. The summed E-state index contributed by atoms with van der Waals surface area (Å²) in [7, 11) is 3.16. The molecule has 4 fully saturated rings. The average Bonchev–Trinajstić information content (AvgIpc) is 3.66. The first-order valence-electron chi connectivity index (χ1n) is 20.0. The maximum atomic E-state index is 14.2. The van der Waals surface area contributed by atoms with Crippen LogP contribution in [-0.4, -0.2) is 155 Å². The molecule has 0 radical (unpaired) electrons. The van der Waals surface area contributed by atoms with Crippen LogP contribution in [0.3, 0.4) is 0 Å². The van der Waals surface area contributed by atoms with E-state index in [1.54, 1.807) is 41.7 Å². The summed E-state index contributed by atoms with van der Waals surface area (Å²) in [6, 6.07) is -0.668. The van der Waals surface area contributed by atoms with Crippen molar-refractivity contribution in [2.45, 2.75) is 198 Å². The van der Waals surface area contributed by atoms with Gasteiger partial charge < -0.3 is 58.9 Å². The predicted octanol–water partition coefficient (Wildman–Crippen LogP) is 2.50. The lowest BCUT2D eigenvalue weighted by molar-refractivity contribution is -0.309. The highest BCUT2D eigenvalue weighted by Gasteiger charge is 2.51. The minimum Gasteiger partial charge on any atom is -0.459 e. The molecule has 0 bridgehead atoms. The normalized spacial score (nSPS) is 48.8. The molecule has 4 heterocycles. The van der Waals surface area contributed by atoms with Crippen LogP contribution >= 0.6 is 0 Å². The summed E-state index contributed by atoms with van der Waals surface area (Å²) in [4.78, 5) is 16.5. The number of carbonyl (C=O) groups is 1. The zero-order chi connectivity index (χ0) is 39.5. The van der Waals surface area contributed by atoms with E-state index in [1.807, 2.05) is 13.8 Å². The van der Waals surface area contributed by atoms with Gasteiger partial charge in [0.15, 0.2) is 12.6 Å². The quantitative estimate of drug-likeness (QED) is 0.228. The van der Waals surface area contributed by atoms with Crippen molar-refractivity contribution in [3.63, 3.8) is 0 Å². The van der Waals surface area contributed by atoms with E-state index in [2.05, 4.69) is 17.1 Å². The molecule has 5 N–H and O–H groups in total. The fourth-order valence-electron chi connectivity index (χ4n) is 8.89. The molecule has 14 heteroatoms. The lowest BCUT2D eigenvalue weighted by Crippen LogP contribution is -2.59. The van der Waals surface area contributed by atoms with Crippen molar-refractivity contribution in [3.05, 3.63) is 0 Å². The molecule has 4 rings (SSSR count). The zero-order valence-electron chi connectivity index (χ0n) is 34.2. The molecule has 14 nitrogen and oxygen atoms in total. The van der Waals surface area contributed by atoms with Gasteiger partial charge in [-0.05, 0) is 106 Å². The number of nitrogens with zero attached hydrogens (tertiary/aromatic N) is 1. The summed E-state index contributed by atoms with van der Waals surface area (Å²) in [5.74, 6) is -1.56. The van der Waals surface area contributed by atoms with Crippen molar-refractivity contribution in [2.75, 3.05) is 33.9 Å². The maximum Gasteiger partial charge on any atom is 0.311 e. The second-order valence-electron chi connectivity index (χ2n) is 17.1. The number of hydrogen-bond donors (Lipinski definition) is 5. The Balaban J connectivity index is 1.76. The summed E-state index contributed by atoms with van der Waals surface area (Å²) >= 11 is 0. The van der Waals surface area contributed by atoms with Crippen molar-refractivity contribution in [3.8, 4) is 0 Å². The van der Waals surface area contributed by atoms with Crippen LogP contribution in [0.1, 0.15) is 107 Å². The van der Waals surface area contributed by atoms with Gasteiger partial charge in [-0.3, -0.25) is 9.69 Å². The van der Waals surface area contributed by atoms with Crippen molar-refractivity contribution in [1.82, 2.24) is 10.2 Å². The van der Waals surface area contributed by atoms with Gasteiger partial charge in [0.1, 0.15) is 30.0 Å². The van der Waals surface area contributed by atoms with Gasteiger partial charge in [-0.2, -0.15) is 0 Å². The molecule has 17 atom stereocenters. The highest BCUT2D eigenvalue weighted by atomic mass is 16.7. The Hall–Kier alpha value is -1.01. The van der Waals surface area contributed by atoms with E-state index in [-0.39, 0.29) is 37.3 Å². The first-order chi connectivity index (χ1) is 24.8. The summed E-state index contributed by atoms with van der Waals surface area (Å²) < 4.78 is 44.2. The molecule has 0 spiro atoms. The van der Waals surface area contributed by atoms with E-state index in [0.717, 1.165) is 25.9 Å². The maximum absolute atomic E-state index is 14.2. The zero-order valence-corrected chi connectivity index (χ0v) is 34.2. The van der Waals surface area contributed by atoms with E-state index < -0.39 is 90.0 Å². The van der Waals surface area contributed by atoms with Gasteiger partial charge in [0.25, 0.3) is 0 Å². The molecule has 53 heavy (non-hydrogen) atoms. The number of aliphatic hydroxyl groups is 4. The molecule has 0 unspecified atom stereocenters. The molecule has 0 aromatic heterocycles. The number of ether oxygens (including phenoxy) is 7. The number of cyclic esters (lactones) is 1. The second kappa shape index (κ2) is 18.5. The molecule has 4 saturated heterocycles. The number of esters is 1. The number of methoxy groups -OCH3 is 2.